The standard InChI is InChI=1S/C14H17FN2O/c1-10-12(5-6-18-10)9-17(2)8-11-3-4-14(16)13(15)7-11/h3-7H,8-9,16H2,1-2H3. The van der Waals surface area contributed by atoms with Crippen molar-refractivity contribution in [1.29, 1.82) is 0 Å². The first-order chi connectivity index (χ1) is 8.56. The molecule has 0 aliphatic heterocycles. The number of anilines is 1. The second-order valence-electron chi connectivity index (χ2n) is 4.53. The minimum atomic E-state index is -0.361. The Morgan fingerprint density at radius 2 is 2.06 bits per heavy atom. The Hall–Kier alpha value is -1.81. The molecule has 2 aromatic rings. The van der Waals surface area contributed by atoms with Gasteiger partial charge in [0.2, 0.25) is 0 Å². The molecule has 1 aromatic heterocycles. The van der Waals surface area contributed by atoms with Crippen LogP contribution < -0.4 is 5.73 Å². The Labute approximate surface area is 106 Å². The Kier molecular flexibility index (Phi) is 3.67. The molecule has 0 radical (unpaired) electrons. The number of hydrogen-bond donors (Lipinski definition) is 1. The fraction of sp³-hybridized carbons (Fsp3) is 0.286. The van der Waals surface area contributed by atoms with Crippen molar-refractivity contribution in [2.45, 2.75) is 20.0 Å². The van der Waals surface area contributed by atoms with Crippen LogP contribution in [0.2, 0.25) is 0 Å². The Morgan fingerprint density at radius 1 is 1.28 bits per heavy atom. The minimum Gasteiger partial charge on any atom is -0.469 e. The van der Waals surface area contributed by atoms with E-state index in [4.69, 9.17) is 10.2 Å². The quantitative estimate of drug-likeness (QED) is 0.846. The van der Waals surface area contributed by atoms with E-state index in [9.17, 15) is 4.39 Å². The molecule has 96 valence electrons. The first-order valence-corrected chi connectivity index (χ1v) is 5.81. The molecule has 0 bridgehead atoms. The van der Waals surface area contributed by atoms with Gasteiger partial charge < -0.3 is 10.2 Å². The van der Waals surface area contributed by atoms with Gasteiger partial charge >= 0.3 is 0 Å². The van der Waals surface area contributed by atoms with Crippen molar-refractivity contribution >= 4 is 5.69 Å². The van der Waals surface area contributed by atoms with E-state index in [0.717, 1.165) is 23.4 Å². The average Bonchev–Trinajstić information content (AvgIpc) is 2.70. The lowest BCUT2D eigenvalue weighted by Gasteiger charge is -2.16. The van der Waals surface area contributed by atoms with Crippen LogP contribution in [0.3, 0.4) is 0 Å². The second-order valence-corrected chi connectivity index (χ2v) is 4.53. The van der Waals surface area contributed by atoms with Gasteiger partial charge in [0.05, 0.1) is 12.0 Å². The molecule has 2 N–H and O–H groups in total. The molecule has 0 atom stereocenters. The molecule has 0 saturated heterocycles. The summed E-state index contributed by atoms with van der Waals surface area (Å²) in [5.74, 6) is 0.561. The monoisotopic (exact) mass is 248 g/mol. The third kappa shape index (κ3) is 2.90. The van der Waals surface area contributed by atoms with E-state index < -0.39 is 0 Å². The maximum absolute atomic E-state index is 13.3. The molecule has 0 saturated carbocycles. The summed E-state index contributed by atoms with van der Waals surface area (Å²) in [5, 5.41) is 0. The number of nitrogen functional groups attached to an aromatic ring is 1. The number of halogens is 1. The number of rotatable bonds is 4. The van der Waals surface area contributed by atoms with Crippen molar-refractivity contribution in [3.8, 4) is 0 Å². The lowest BCUT2D eigenvalue weighted by atomic mass is 10.1. The normalized spacial score (nSPS) is 11.1. The molecule has 0 spiro atoms. The maximum Gasteiger partial charge on any atom is 0.146 e. The highest BCUT2D eigenvalue weighted by Crippen LogP contribution is 2.16. The molecule has 1 aromatic carbocycles. The fourth-order valence-electron chi connectivity index (χ4n) is 1.90. The predicted octanol–water partition coefficient (Wildman–Crippen LogP) is 2.94. The van der Waals surface area contributed by atoms with Crippen LogP contribution in [0.15, 0.2) is 34.9 Å². The molecule has 0 fully saturated rings. The van der Waals surface area contributed by atoms with E-state index >= 15 is 0 Å². The lowest BCUT2D eigenvalue weighted by Crippen LogP contribution is -2.17. The van der Waals surface area contributed by atoms with Gasteiger partial charge in [-0.3, -0.25) is 4.90 Å². The SMILES string of the molecule is Cc1occc1CN(C)Cc1ccc(N)c(F)c1. The van der Waals surface area contributed by atoms with Crippen molar-refractivity contribution in [2.75, 3.05) is 12.8 Å². The van der Waals surface area contributed by atoms with E-state index in [0.29, 0.717) is 6.54 Å². The van der Waals surface area contributed by atoms with Gasteiger partial charge in [0.1, 0.15) is 11.6 Å². The zero-order valence-electron chi connectivity index (χ0n) is 10.6. The lowest BCUT2D eigenvalue weighted by molar-refractivity contribution is 0.316. The predicted molar refractivity (Wildman–Crippen MR) is 69.4 cm³/mol. The molecule has 4 heteroatoms. The van der Waals surface area contributed by atoms with E-state index in [1.807, 2.05) is 26.1 Å². The number of benzene rings is 1. The summed E-state index contributed by atoms with van der Waals surface area (Å²) in [5.41, 5.74) is 7.69. The highest BCUT2D eigenvalue weighted by Gasteiger charge is 2.07. The van der Waals surface area contributed by atoms with E-state index in [1.54, 1.807) is 12.3 Å². The summed E-state index contributed by atoms with van der Waals surface area (Å²) in [6.45, 7) is 3.38. The summed E-state index contributed by atoms with van der Waals surface area (Å²) in [7, 11) is 1.99. The number of furan rings is 1. The van der Waals surface area contributed by atoms with E-state index in [2.05, 4.69) is 4.90 Å². The molecule has 0 amide bonds. The second kappa shape index (κ2) is 5.23. The van der Waals surface area contributed by atoms with Crippen LogP contribution in [-0.4, -0.2) is 11.9 Å². The van der Waals surface area contributed by atoms with Crippen LogP contribution in [0.5, 0.6) is 0 Å². The van der Waals surface area contributed by atoms with Crippen molar-refractivity contribution < 1.29 is 8.81 Å². The molecule has 3 nitrogen and oxygen atoms in total. The third-order valence-corrected chi connectivity index (χ3v) is 2.92. The van der Waals surface area contributed by atoms with Crippen molar-refractivity contribution in [3.05, 3.63) is 53.2 Å². The van der Waals surface area contributed by atoms with Crippen molar-refractivity contribution in [2.24, 2.45) is 0 Å². The third-order valence-electron chi connectivity index (χ3n) is 2.92. The Balaban J connectivity index is 2.01. The van der Waals surface area contributed by atoms with Gasteiger partial charge in [-0.1, -0.05) is 6.07 Å². The van der Waals surface area contributed by atoms with E-state index in [1.165, 1.54) is 6.07 Å². The fourth-order valence-corrected chi connectivity index (χ4v) is 1.90. The zero-order chi connectivity index (χ0) is 13.1. The largest absolute Gasteiger partial charge is 0.469 e. The van der Waals surface area contributed by atoms with Crippen LogP contribution in [0, 0.1) is 12.7 Å². The molecule has 18 heavy (non-hydrogen) atoms. The maximum atomic E-state index is 13.3. The highest BCUT2D eigenvalue weighted by atomic mass is 19.1. The first-order valence-electron chi connectivity index (χ1n) is 5.81. The van der Waals surface area contributed by atoms with Crippen molar-refractivity contribution in [3.63, 3.8) is 0 Å². The molecule has 0 unspecified atom stereocenters. The average molecular weight is 248 g/mol. The van der Waals surface area contributed by atoms with Crippen LogP contribution in [0.25, 0.3) is 0 Å². The molecule has 0 aliphatic carbocycles. The van der Waals surface area contributed by atoms with Gasteiger partial charge in [-0.25, -0.2) is 4.39 Å². The van der Waals surface area contributed by atoms with Crippen LogP contribution in [-0.2, 0) is 13.1 Å². The summed E-state index contributed by atoms with van der Waals surface area (Å²) < 4.78 is 18.6. The molecule has 1 heterocycles. The smallest absolute Gasteiger partial charge is 0.146 e. The van der Waals surface area contributed by atoms with Crippen molar-refractivity contribution in [1.82, 2.24) is 4.90 Å². The number of nitrogens with zero attached hydrogens (tertiary/aromatic N) is 1. The van der Waals surface area contributed by atoms with Gasteiger partial charge in [0.25, 0.3) is 0 Å². The Morgan fingerprint density at radius 3 is 2.67 bits per heavy atom. The van der Waals surface area contributed by atoms with Gasteiger partial charge in [0.15, 0.2) is 0 Å². The minimum absolute atomic E-state index is 0.187. The van der Waals surface area contributed by atoms with Gasteiger partial charge in [-0.15, -0.1) is 0 Å². The van der Waals surface area contributed by atoms with Crippen LogP contribution in [0.4, 0.5) is 10.1 Å². The molecule has 2 rings (SSSR count). The first kappa shape index (κ1) is 12.6. The van der Waals surface area contributed by atoms with E-state index in [-0.39, 0.29) is 11.5 Å². The molecule has 0 aliphatic rings. The Bertz CT molecular complexity index is 536. The summed E-state index contributed by atoms with van der Waals surface area (Å²) in [6, 6.07) is 6.88. The molecular weight excluding hydrogens is 231 g/mol. The zero-order valence-corrected chi connectivity index (χ0v) is 10.6. The number of aryl methyl sites for hydroxylation is 1. The summed E-state index contributed by atoms with van der Waals surface area (Å²) in [6.07, 6.45) is 1.68. The van der Waals surface area contributed by atoms with Crippen LogP contribution in [0.1, 0.15) is 16.9 Å². The van der Waals surface area contributed by atoms with Gasteiger partial charge in [0, 0.05) is 18.7 Å². The van der Waals surface area contributed by atoms with Gasteiger partial charge in [-0.05, 0) is 37.7 Å². The molecular formula is C14H17FN2O. The summed E-state index contributed by atoms with van der Waals surface area (Å²) >= 11 is 0. The van der Waals surface area contributed by atoms with Gasteiger partial charge in [-0.2, -0.15) is 0 Å². The topological polar surface area (TPSA) is 42.4 Å². The number of hydrogen-bond acceptors (Lipinski definition) is 3. The van der Waals surface area contributed by atoms with Crippen LogP contribution >= 0.6 is 0 Å². The number of nitrogens with two attached hydrogens (primary N) is 1. The summed E-state index contributed by atoms with van der Waals surface area (Å²) in [4.78, 5) is 2.10. The highest BCUT2D eigenvalue weighted by molar-refractivity contribution is 5.41.